The van der Waals surface area contributed by atoms with Crippen LogP contribution in [0.1, 0.15) is 13.3 Å². The van der Waals surface area contributed by atoms with Crippen LogP contribution in [0, 0.1) is 0 Å². The van der Waals surface area contributed by atoms with Crippen molar-refractivity contribution in [1.29, 1.82) is 0 Å². The Kier molecular flexibility index (Phi) is 3.68. The van der Waals surface area contributed by atoms with Crippen molar-refractivity contribution in [3.63, 3.8) is 0 Å². The zero-order chi connectivity index (χ0) is 14.3. The van der Waals surface area contributed by atoms with Crippen LogP contribution in [-0.4, -0.2) is 33.9 Å². The molecule has 0 amide bonds. The molecule has 1 aromatic rings. The average Bonchev–Trinajstić information content (AvgIpc) is 2.52. The lowest BCUT2D eigenvalue weighted by molar-refractivity contribution is 0.462. The topological polar surface area (TPSA) is 80.3 Å². The molecule has 2 rings (SSSR count). The lowest BCUT2D eigenvalue weighted by Gasteiger charge is -2.23. The van der Waals surface area contributed by atoms with E-state index < -0.39 is 25.4 Å². The van der Waals surface area contributed by atoms with Gasteiger partial charge in [0.25, 0.3) is 0 Å². The summed E-state index contributed by atoms with van der Waals surface area (Å²) >= 11 is 5.86. The van der Waals surface area contributed by atoms with Crippen LogP contribution in [0.4, 0.5) is 0 Å². The number of hydrogen-bond acceptors (Lipinski definition) is 4. The van der Waals surface area contributed by atoms with E-state index in [4.69, 9.17) is 11.6 Å². The molecule has 0 bridgehead atoms. The van der Waals surface area contributed by atoms with Gasteiger partial charge in [-0.25, -0.2) is 21.6 Å². The minimum absolute atomic E-state index is 0.00541. The summed E-state index contributed by atoms with van der Waals surface area (Å²) in [5.41, 5.74) is -0.975. The number of benzene rings is 1. The number of rotatable bonds is 3. The average molecular weight is 324 g/mol. The largest absolute Gasteiger partial charge is 0.242 e. The second kappa shape index (κ2) is 4.73. The van der Waals surface area contributed by atoms with E-state index in [2.05, 4.69) is 4.72 Å². The Labute approximate surface area is 117 Å². The standard InChI is InChI=1S/C11H14ClNO4S2/c1-11(6-7-18(14,15)8-11)13-19(16,17)10-5-3-2-4-9(10)12/h2-5,13H,6-8H2,1H3/t11-/m1/s1. The van der Waals surface area contributed by atoms with Crippen molar-refractivity contribution in [3.8, 4) is 0 Å². The van der Waals surface area contributed by atoms with Gasteiger partial charge in [-0.05, 0) is 25.5 Å². The fraction of sp³-hybridized carbons (Fsp3) is 0.455. The van der Waals surface area contributed by atoms with Gasteiger partial charge in [0.2, 0.25) is 10.0 Å². The summed E-state index contributed by atoms with van der Waals surface area (Å²) in [4.78, 5) is -0.0396. The molecule has 0 aliphatic carbocycles. The number of sulfone groups is 1. The van der Waals surface area contributed by atoms with Gasteiger partial charge in [0, 0.05) is 5.54 Å². The van der Waals surface area contributed by atoms with E-state index in [-0.39, 0.29) is 27.8 Å². The van der Waals surface area contributed by atoms with Crippen LogP contribution in [0.25, 0.3) is 0 Å². The fourth-order valence-corrected chi connectivity index (χ4v) is 6.27. The Morgan fingerprint density at radius 2 is 1.95 bits per heavy atom. The van der Waals surface area contributed by atoms with Crippen LogP contribution >= 0.6 is 11.6 Å². The highest BCUT2D eigenvalue weighted by Crippen LogP contribution is 2.27. The molecule has 0 radical (unpaired) electrons. The number of hydrogen-bond donors (Lipinski definition) is 1. The summed E-state index contributed by atoms with van der Waals surface area (Å²) in [5.74, 6) is -0.196. The molecule has 1 saturated heterocycles. The molecule has 1 aliphatic rings. The molecule has 8 heteroatoms. The zero-order valence-corrected chi connectivity index (χ0v) is 12.6. The van der Waals surface area contributed by atoms with E-state index in [0.29, 0.717) is 0 Å². The van der Waals surface area contributed by atoms with Gasteiger partial charge in [-0.2, -0.15) is 0 Å². The molecule has 0 saturated carbocycles. The van der Waals surface area contributed by atoms with Gasteiger partial charge in [0.05, 0.1) is 16.5 Å². The van der Waals surface area contributed by atoms with Gasteiger partial charge < -0.3 is 0 Å². The van der Waals surface area contributed by atoms with Gasteiger partial charge in [0.1, 0.15) is 4.90 Å². The van der Waals surface area contributed by atoms with E-state index in [9.17, 15) is 16.8 Å². The van der Waals surface area contributed by atoms with E-state index in [0.717, 1.165) is 0 Å². The summed E-state index contributed by atoms with van der Waals surface area (Å²) < 4.78 is 49.9. The van der Waals surface area contributed by atoms with Crippen molar-refractivity contribution >= 4 is 31.5 Å². The maximum absolute atomic E-state index is 12.2. The van der Waals surface area contributed by atoms with Gasteiger partial charge >= 0.3 is 0 Å². The second-order valence-corrected chi connectivity index (χ2v) is 9.18. The summed E-state index contributed by atoms with van der Waals surface area (Å²) in [6, 6.07) is 6.05. The maximum Gasteiger partial charge on any atom is 0.242 e. The smallest absolute Gasteiger partial charge is 0.229 e. The lowest BCUT2D eigenvalue weighted by Crippen LogP contribution is -2.46. The van der Waals surface area contributed by atoms with Gasteiger partial charge in [-0.3, -0.25) is 0 Å². The second-order valence-electron chi connectivity index (χ2n) is 4.94. The Balaban J connectivity index is 2.31. The Hall–Kier alpha value is -0.630. The molecule has 1 N–H and O–H groups in total. The van der Waals surface area contributed by atoms with Crippen molar-refractivity contribution in [2.75, 3.05) is 11.5 Å². The van der Waals surface area contributed by atoms with Crippen LogP contribution in [0.2, 0.25) is 5.02 Å². The third-order valence-electron chi connectivity index (χ3n) is 3.01. The number of halogens is 1. The van der Waals surface area contributed by atoms with Gasteiger partial charge in [-0.1, -0.05) is 23.7 Å². The molecule has 1 fully saturated rings. The van der Waals surface area contributed by atoms with E-state index >= 15 is 0 Å². The fourth-order valence-electron chi connectivity index (χ4n) is 2.13. The first kappa shape index (κ1) is 14.8. The molecule has 1 atom stereocenters. The molecule has 0 unspecified atom stereocenters. The molecule has 1 heterocycles. The van der Waals surface area contributed by atoms with Gasteiger partial charge in [0.15, 0.2) is 9.84 Å². The molecule has 1 aliphatic heterocycles. The van der Waals surface area contributed by atoms with Crippen LogP contribution in [0.15, 0.2) is 29.2 Å². The number of sulfonamides is 1. The van der Waals surface area contributed by atoms with Crippen molar-refractivity contribution in [2.45, 2.75) is 23.8 Å². The van der Waals surface area contributed by atoms with Crippen LogP contribution in [0.3, 0.4) is 0 Å². The SMILES string of the molecule is C[C@@]1(NS(=O)(=O)c2ccccc2Cl)CCS(=O)(=O)C1. The molecule has 19 heavy (non-hydrogen) atoms. The van der Waals surface area contributed by atoms with Crippen molar-refractivity contribution < 1.29 is 16.8 Å². The molecular formula is C11H14ClNO4S2. The van der Waals surface area contributed by atoms with E-state index in [1.165, 1.54) is 12.1 Å². The molecule has 1 aromatic carbocycles. The normalized spacial score (nSPS) is 26.4. The Morgan fingerprint density at radius 1 is 1.32 bits per heavy atom. The Morgan fingerprint density at radius 3 is 2.47 bits per heavy atom. The predicted octanol–water partition coefficient (Wildman–Crippen LogP) is 1.20. The predicted molar refractivity (Wildman–Crippen MR) is 73.4 cm³/mol. The lowest BCUT2D eigenvalue weighted by atomic mass is 10.0. The minimum atomic E-state index is -3.83. The monoisotopic (exact) mass is 323 g/mol. The first-order valence-electron chi connectivity index (χ1n) is 5.63. The number of nitrogens with one attached hydrogen (secondary N) is 1. The molecule has 0 aromatic heterocycles. The Bertz CT molecular complexity index is 699. The first-order valence-corrected chi connectivity index (χ1v) is 9.31. The third-order valence-corrected chi connectivity index (χ3v) is 7.05. The molecule has 0 spiro atoms. The highest BCUT2D eigenvalue weighted by Gasteiger charge is 2.41. The van der Waals surface area contributed by atoms with Crippen molar-refractivity contribution in [1.82, 2.24) is 4.72 Å². The van der Waals surface area contributed by atoms with E-state index in [1.54, 1.807) is 19.1 Å². The maximum atomic E-state index is 12.2. The van der Waals surface area contributed by atoms with Crippen LogP contribution in [0.5, 0.6) is 0 Å². The van der Waals surface area contributed by atoms with Crippen LogP contribution in [-0.2, 0) is 19.9 Å². The highest BCUT2D eigenvalue weighted by atomic mass is 35.5. The summed E-state index contributed by atoms with van der Waals surface area (Å²) in [6.45, 7) is 1.59. The summed E-state index contributed by atoms with van der Waals surface area (Å²) in [5, 5.41) is 0.111. The van der Waals surface area contributed by atoms with Gasteiger partial charge in [-0.15, -0.1) is 0 Å². The minimum Gasteiger partial charge on any atom is -0.229 e. The first-order chi connectivity index (χ1) is 8.64. The quantitative estimate of drug-likeness (QED) is 0.906. The summed E-state index contributed by atoms with van der Waals surface area (Å²) in [6.07, 6.45) is 0.263. The molecular weight excluding hydrogens is 310 g/mol. The van der Waals surface area contributed by atoms with Crippen molar-refractivity contribution in [3.05, 3.63) is 29.3 Å². The molecule has 106 valence electrons. The van der Waals surface area contributed by atoms with Crippen LogP contribution < -0.4 is 4.72 Å². The molecule has 5 nitrogen and oxygen atoms in total. The zero-order valence-electron chi connectivity index (χ0n) is 10.3. The van der Waals surface area contributed by atoms with Crippen molar-refractivity contribution in [2.24, 2.45) is 0 Å². The third kappa shape index (κ3) is 3.28. The van der Waals surface area contributed by atoms with E-state index in [1.807, 2.05) is 0 Å². The summed E-state index contributed by atoms with van der Waals surface area (Å²) in [7, 11) is -7.01. The highest BCUT2D eigenvalue weighted by molar-refractivity contribution is 7.92.